The van der Waals surface area contributed by atoms with Crippen molar-refractivity contribution >= 4 is 5.97 Å². The molecule has 15 heavy (non-hydrogen) atoms. The van der Waals surface area contributed by atoms with Gasteiger partial charge in [0.25, 0.3) is 0 Å². The molecule has 0 atom stereocenters. The van der Waals surface area contributed by atoms with Crippen LogP contribution in [0.15, 0.2) is 12.2 Å². The van der Waals surface area contributed by atoms with Crippen LogP contribution in [0.5, 0.6) is 0 Å². The minimum Gasteiger partial charge on any atom is -0.481 e. The fraction of sp³-hybridized carbons (Fsp3) is 0.727. The highest BCUT2D eigenvalue weighted by atomic mass is 16.4. The Labute approximate surface area is 92.2 Å². The number of carboxylic acid groups (broad SMARTS) is 1. The van der Waals surface area contributed by atoms with Gasteiger partial charge < -0.3 is 10.0 Å². The summed E-state index contributed by atoms with van der Waals surface area (Å²) in [6.45, 7) is 9.00. The van der Waals surface area contributed by atoms with Crippen molar-refractivity contribution in [2.45, 2.75) is 13.3 Å². The van der Waals surface area contributed by atoms with Crippen LogP contribution in [-0.4, -0.2) is 61.2 Å². The molecular weight excluding hydrogens is 192 g/mol. The van der Waals surface area contributed by atoms with Crippen LogP contribution >= 0.6 is 0 Å². The van der Waals surface area contributed by atoms with Crippen LogP contribution in [0, 0.1) is 0 Å². The lowest BCUT2D eigenvalue weighted by atomic mass is 10.3. The molecule has 0 unspecified atom stereocenters. The Kier molecular flexibility index (Phi) is 6.99. The third-order valence-electron chi connectivity index (χ3n) is 2.00. The second-order valence-corrected chi connectivity index (χ2v) is 4.18. The summed E-state index contributed by atoms with van der Waals surface area (Å²) in [4.78, 5) is 14.7. The van der Waals surface area contributed by atoms with E-state index in [-0.39, 0.29) is 6.42 Å². The number of hydrogen-bond donors (Lipinski definition) is 1. The Bertz CT molecular complexity index is 215. The Morgan fingerprint density at radius 1 is 1.27 bits per heavy atom. The number of carbonyl (C=O) groups is 1. The van der Waals surface area contributed by atoms with Crippen molar-refractivity contribution in [2.75, 3.05) is 40.3 Å². The minimum atomic E-state index is -0.744. The molecule has 0 aliphatic heterocycles. The Balaban J connectivity index is 3.94. The number of rotatable bonds is 8. The zero-order valence-electron chi connectivity index (χ0n) is 9.99. The fourth-order valence-electron chi connectivity index (χ4n) is 1.25. The molecule has 0 aromatic heterocycles. The summed E-state index contributed by atoms with van der Waals surface area (Å²) < 4.78 is 0. The lowest BCUT2D eigenvalue weighted by Crippen LogP contribution is -2.34. The van der Waals surface area contributed by atoms with Gasteiger partial charge in [0.05, 0.1) is 6.42 Å². The molecular formula is C11H22N2O2. The summed E-state index contributed by atoms with van der Waals surface area (Å²) in [6.07, 6.45) is 0.195. The van der Waals surface area contributed by atoms with Crippen molar-refractivity contribution in [3.63, 3.8) is 0 Å². The van der Waals surface area contributed by atoms with Crippen molar-refractivity contribution in [3.05, 3.63) is 12.2 Å². The molecule has 88 valence electrons. The average molecular weight is 214 g/mol. The first-order chi connectivity index (χ1) is 6.91. The van der Waals surface area contributed by atoms with Gasteiger partial charge in [-0.1, -0.05) is 12.2 Å². The van der Waals surface area contributed by atoms with Gasteiger partial charge in [-0.25, -0.2) is 0 Å². The molecule has 0 saturated carbocycles. The van der Waals surface area contributed by atoms with Gasteiger partial charge in [-0.15, -0.1) is 0 Å². The second-order valence-electron chi connectivity index (χ2n) is 4.18. The molecule has 1 N–H and O–H groups in total. The van der Waals surface area contributed by atoms with Crippen LogP contribution in [0.3, 0.4) is 0 Å². The van der Waals surface area contributed by atoms with Gasteiger partial charge in [-0.3, -0.25) is 9.69 Å². The summed E-state index contributed by atoms with van der Waals surface area (Å²) in [6, 6.07) is 0. The first kappa shape index (κ1) is 14.1. The van der Waals surface area contributed by atoms with E-state index in [1.165, 1.54) is 0 Å². The minimum absolute atomic E-state index is 0.195. The van der Waals surface area contributed by atoms with E-state index in [9.17, 15) is 4.79 Å². The van der Waals surface area contributed by atoms with Crippen molar-refractivity contribution in [3.8, 4) is 0 Å². The molecule has 0 aromatic rings. The standard InChI is InChI=1S/C11H22N2O2/c1-10(2)9-13(6-5-11(14)15)8-7-12(3)4/h1,5-9H2,2-4H3,(H,14,15). The van der Waals surface area contributed by atoms with E-state index in [2.05, 4.69) is 16.4 Å². The first-order valence-electron chi connectivity index (χ1n) is 5.15. The molecule has 4 heteroatoms. The number of nitrogens with zero attached hydrogens (tertiary/aromatic N) is 2. The lowest BCUT2D eigenvalue weighted by Gasteiger charge is -2.23. The van der Waals surface area contributed by atoms with Crippen LogP contribution in [0.1, 0.15) is 13.3 Å². The van der Waals surface area contributed by atoms with Crippen LogP contribution in [0.4, 0.5) is 0 Å². The molecule has 0 fully saturated rings. The van der Waals surface area contributed by atoms with Crippen LogP contribution in [0.2, 0.25) is 0 Å². The van der Waals surface area contributed by atoms with Gasteiger partial charge in [0.1, 0.15) is 0 Å². The highest BCUT2D eigenvalue weighted by Crippen LogP contribution is 1.98. The Morgan fingerprint density at radius 2 is 1.87 bits per heavy atom. The van der Waals surface area contributed by atoms with Gasteiger partial charge in [-0.2, -0.15) is 0 Å². The second kappa shape index (κ2) is 7.43. The monoisotopic (exact) mass is 214 g/mol. The van der Waals surface area contributed by atoms with Crippen molar-refractivity contribution in [2.24, 2.45) is 0 Å². The molecule has 0 spiro atoms. The zero-order valence-corrected chi connectivity index (χ0v) is 9.99. The highest BCUT2D eigenvalue weighted by molar-refractivity contribution is 5.66. The molecule has 0 aromatic carbocycles. The van der Waals surface area contributed by atoms with E-state index in [1.54, 1.807) is 0 Å². The van der Waals surface area contributed by atoms with Crippen molar-refractivity contribution in [1.29, 1.82) is 0 Å². The predicted octanol–water partition coefficient (Wildman–Crippen LogP) is 0.901. The molecule has 0 heterocycles. The van der Waals surface area contributed by atoms with E-state index in [0.717, 1.165) is 25.2 Å². The lowest BCUT2D eigenvalue weighted by molar-refractivity contribution is -0.137. The average Bonchev–Trinajstić information content (AvgIpc) is 2.08. The number of likely N-dealkylation sites (N-methyl/N-ethyl adjacent to an activating group) is 1. The quantitative estimate of drug-likeness (QED) is 0.610. The highest BCUT2D eigenvalue weighted by Gasteiger charge is 2.07. The smallest absolute Gasteiger partial charge is 0.304 e. The van der Waals surface area contributed by atoms with E-state index in [1.807, 2.05) is 21.0 Å². The van der Waals surface area contributed by atoms with Gasteiger partial charge in [-0.05, 0) is 21.0 Å². The third-order valence-corrected chi connectivity index (χ3v) is 2.00. The predicted molar refractivity (Wildman–Crippen MR) is 62.1 cm³/mol. The van der Waals surface area contributed by atoms with Crippen molar-refractivity contribution < 1.29 is 9.90 Å². The van der Waals surface area contributed by atoms with Crippen molar-refractivity contribution in [1.82, 2.24) is 9.80 Å². The zero-order chi connectivity index (χ0) is 11.8. The summed E-state index contributed by atoms with van der Waals surface area (Å²) >= 11 is 0. The SMILES string of the molecule is C=C(C)CN(CCC(=O)O)CCN(C)C. The van der Waals surface area contributed by atoms with Crippen LogP contribution < -0.4 is 0 Å². The maximum absolute atomic E-state index is 10.5. The molecule has 0 radical (unpaired) electrons. The Morgan fingerprint density at radius 3 is 2.27 bits per heavy atom. The van der Waals surface area contributed by atoms with Gasteiger partial charge in [0.15, 0.2) is 0 Å². The normalized spacial score (nSPS) is 11.0. The Hall–Kier alpha value is -0.870. The molecule has 4 nitrogen and oxygen atoms in total. The van der Waals surface area contributed by atoms with Gasteiger partial charge in [0.2, 0.25) is 0 Å². The number of carboxylic acids is 1. The third kappa shape index (κ3) is 9.43. The van der Waals surface area contributed by atoms with E-state index >= 15 is 0 Å². The van der Waals surface area contributed by atoms with E-state index in [4.69, 9.17) is 5.11 Å². The van der Waals surface area contributed by atoms with E-state index in [0.29, 0.717) is 6.54 Å². The first-order valence-corrected chi connectivity index (χ1v) is 5.15. The summed E-state index contributed by atoms with van der Waals surface area (Å²) in [5.41, 5.74) is 1.07. The largest absolute Gasteiger partial charge is 0.481 e. The van der Waals surface area contributed by atoms with Crippen LogP contribution in [-0.2, 0) is 4.79 Å². The summed E-state index contributed by atoms with van der Waals surface area (Å²) in [5, 5.41) is 8.61. The number of aliphatic carboxylic acids is 1. The molecule has 0 rings (SSSR count). The molecule has 0 aliphatic rings. The topological polar surface area (TPSA) is 43.8 Å². The maximum Gasteiger partial charge on any atom is 0.304 e. The maximum atomic E-state index is 10.5. The molecule has 0 aliphatic carbocycles. The van der Waals surface area contributed by atoms with Crippen LogP contribution in [0.25, 0.3) is 0 Å². The van der Waals surface area contributed by atoms with Gasteiger partial charge in [0, 0.05) is 26.2 Å². The summed E-state index contributed by atoms with van der Waals surface area (Å²) in [5.74, 6) is -0.744. The number of hydrogen-bond acceptors (Lipinski definition) is 3. The van der Waals surface area contributed by atoms with E-state index < -0.39 is 5.97 Å². The fourth-order valence-corrected chi connectivity index (χ4v) is 1.25. The molecule has 0 bridgehead atoms. The summed E-state index contributed by atoms with van der Waals surface area (Å²) in [7, 11) is 4.02. The molecule has 0 amide bonds. The molecule has 0 saturated heterocycles. The van der Waals surface area contributed by atoms with Gasteiger partial charge >= 0.3 is 5.97 Å².